The molecule has 2 aromatic rings. The van der Waals surface area contributed by atoms with Gasteiger partial charge in [0.25, 0.3) is 0 Å². The number of amides is 1. The molecular formula is C26H33ClN2O2. The van der Waals surface area contributed by atoms with Gasteiger partial charge in [0.15, 0.2) is 0 Å². The van der Waals surface area contributed by atoms with Crippen LogP contribution in [-0.2, 0) is 4.79 Å². The summed E-state index contributed by atoms with van der Waals surface area (Å²) < 4.78 is 6.09. The van der Waals surface area contributed by atoms with Crippen LogP contribution in [0.5, 0.6) is 5.75 Å². The van der Waals surface area contributed by atoms with Gasteiger partial charge in [-0.15, -0.1) is 0 Å². The fraction of sp³-hybridized carbons (Fsp3) is 0.462. The number of nitrogens with one attached hydrogen (secondary N) is 1. The Morgan fingerprint density at radius 1 is 1.10 bits per heavy atom. The van der Waals surface area contributed by atoms with Gasteiger partial charge >= 0.3 is 0 Å². The minimum atomic E-state index is -0.190. The minimum absolute atomic E-state index is 0.0429. The summed E-state index contributed by atoms with van der Waals surface area (Å²) in [5, 5.41) is 12.2. The third-order valence-electron chi connectivity index (χ3n) is 6.13. The molecule has 2 aromatic carbocycles. The lowest BCUT2D eigenvalue weighted by Crippen LogP contribution is -2.73. The van der Waals surface area contributed by atoms with Crippen LogP contribution >= 0.6 is 11.6 Å². The zero-order valence-corrected chi connectivity index (χ0v) is 20.2. The molecule has 0 saturated heterocycles. The van der Waals surface area contributed by atoms with Crippen LogP contribution in [0.25, 0.3) is 0 Å². The molecule has 1 amide bonds. The summed E-state index contributed by atoms with van der Waals surface area (Å²) in [4.78, 5) is 10.8. The lowest BCUT2D eigenvalue weighted by atomic mass is 9.49. The van der Waals surface area contributed by atoms with E-state index in [9.17, 15) is 4.79 Å². The molecule has 0 heterocycles. The number of carbonyl (C=O) groups excluding carboxylic acids is 1. The van der Waals surface area contributed by atoms with Crippen molar-refractivity contribution in [3.05, 3.63) is 64.2 Å². The van der Waals surface area contributed by atoms with Crippen molar-refractivity contribution in [1.82, 2.24) is 5.32 Å². The summed E-state index contributed by atoms with van der Waals surface area (Å²) in [5.74, 6) is 1.29. The largest absolute Gasteiger partial charge is 0.489 e. The molecule has 0 radical (unpaired) electrons. The molecule has 3 rings (SSSR count). The van der Waals surface area contributed by atoms with Crippen molar-refractivity contribution in [1.29, 1.82) is 5.26 Å². The first kappa shape index (κ1) is 24.8. The zero-order chi connectivity index (χ0) is 23.4. The zero-order valence-electron chi connectivity index (χ0n) is 19.5. The van der Waals surface area contributed by atoms with E-state index < -0.39 is 0 Å². The van der Waals surface area contributed by atoms with Crippen LogP contribution in [0.15, 0.2) is 42.5 Å². The molecule has 0 bridgehead atoms. The first-order valence-corrected chi connectivity index (χ1v) is 11.0. The molecule has 1 fully saturated rings. The normalized spacial score (nSPS) is 20.5. The molecule has 31 heavy (non-hydrogen) atoms. The van der Waals surface area contributed by atoms with Gasteiger partial charge in [0.1, 0.15) is 17.9 Å². The molecule has 0 unspecified atom stereocenters. The number of hydrogen-bond acceptors (Lipinski definition) is 3. The van der Waals surface area contributed by atoms with Crippen molar-refractivity contribution in [2.45, 2.75) is 66.5 Å². The van der Waals surface area contributed by atoms with Gasteiger partial charge in [-0.25, -0.2) is 0 Å². The van der Waals surface area contributed by atoms with Gasteiger partial charge in [-0.05, 0) is 30.5 Å². The van der Waals surface area contributed by atoms with E-state index in [4.69, 9.17) is 21.6 Å². The fourth-order valence-corrected chi connectivity index (χ4v) is 4.89. The Balaban J connectivity index is 0.000000285. The molecule has 1 aliphatic rings. The maximum Gasteiger partial charge on any atom is 0.207 e. The SMILES string of the molecule is CC1(C)C(NC=O)C(C)(C)C1Oc1ccc(C#N)c(Cl)c1.Cc1ccc(C(C)C)cc1. The summed E-state index contributed by atoms with van der Waals surface area (Å²) in [5.41, 5.74) is 2.81. The monoisotopic (exact) mass is 440 g/mol. The van der Waals surface area contributed by atoms with Crippen molar-refractivity contribution in [3.63, 3.8) is 0 Å². The van der Waals surface area contributed by atoms with E-state index in [1.807, 2.05) is 6.07 Å². The molecular weight excluding hydrogens is 408 g/mol. The second kappa shape index (κ2) is 9.75. The average molecular weight is 441 g/mol. The van der Waals surface area contributed by atoms with Gasteiger partial charge in [0, 0.05) is 22.9 Å². The highest BCUT2D eigenvalue weighted by molar-refractivity contribution is 6.31. The molecule has 1 aliphatic carbocycles. The van der Waals surface area contributed by atoms with Crippen molar-refractivity contribution in [3.8, 4) is 11.8 Å². The van der Waals surface area contributed by atoms with Crippen LogP contribution in [0.1, 0.15) is 64.2 Å². The Hall–Kier alpha value is -2.51. The molecule has 1 N–H and O–H groups in total. The lowest BCUT2D eigenvalue weighted by Gasteiger charge is -2.62. The Kier molecular flexibility index (Phi) is 7.78. The first-order valence-electron chi connectivity index (χ1n) is 10.6. The van der Waals surface area contributed by atoms with E-state index in [1.165, 1.54) is 11.1 Å². The van der Waals surface area contributed by atoms with Crippen molar-refractivity contribution >= 4 is 18.0 Å². The maximum absolute atomic E-state index is 10.8. The average Bonchev–Trinajstić information content (AvgIpc) is 2.70. The van der Waals surface area contributed by atoms with Gasteiger partial charge in [-0.2, -0.15) is 5.26 Å². The number of nitrogens with zero attached hydrogens (tertiary/aromatic N) is 1. The quantitative estimate of drug-likeness (QED) is 0.558. The number of halogens is 1. The Bertz CT molecular complexity index is 927. The molecule has 166 valence electrons. The second-order valence-corrected chi connectivity index (χ2v) is 10.1. The van der Waals surface area contributed by atoms with Crippen LogP contribution < -0.4 is 10.1 Å². The predicted molar refractivity (Wildman–Crippen MR) is 126 cm³/mol. The van der Waals surface area contributed by atoms with Crippen LogP contribution in [0.2, 0.25) is 5.02 Å². The van der Waals surface area contributed by atoms with Crippen molar-refractivity contribution in [2.75, 3.05) is 0 Å². The molecule has 0 atom stereocenters. The van der Waals surface area contributed by atoms with E-state index in [0.717, 1.165) is 6.41 Å². The van der Waals surface area contributed by atoms with Crippen molar-refractivity contribution < 1.29 is 9.53 Å². The predicted octanol–water partition coefficient (Wildman–Crippen LogP) is 6.26. The summed E-state index contributed by atoms with van der Waals surface area (Å²) >= 11 is 6.03. The van der Waals surface area contributed by atoms with Crippen LogP contribution in [-0.4, -0.2) is 18.6 Å². The van der Waals surface area contributed by atoms with E-state index >= 15 is 0 Å². The smallest absolute Gasteiger partial charge is 0.207 e. The van der Waals surface area contributed by atoms with E-state index in [2.05, 4.69) is 78.0 Å². The van der Waals surface area contributed by atoms with Crippen molar-refractivity contribution in [2.24, 2.45) is 10.8 Å². The van der Waals surface area contributed by atoms with Gasteiger partial charge in [-0.1, -0.05) is 83.0 Å². The van der Waals surface area contributed by atoms with Crippen LogP contribution in [0, 0.1) is 29.1 Å². The van der Waals surface area contributed by atoms with Crippen LogP contribution in [0.4, 0.5) is 0 Å². The standard InChI is InChI=1S/C16H19ClN2O2.C10H14/c1-15(2)13(19-9-20)16(3,4)14(15)21-11-6-5-10(8-18)12(17)7-11;1-8(2)10-6-4-9(3)5-7-10/h5-7,9,13-14H,1-4H3,(H,19,20);4-8H,1-3H3. The number of rotatable bonds is 5. The van der Waals surface area contributed by atoms with Gasteiger partial charge in [-0.3, -0.25) is 4.79 Å². The highest BCUT2D eigenvalue weighted by Gasteiger charge is 2.63. The Morgan fingerprint density at radius 3 is 2.13 bits per heavy atom. The number of benzene rings is 2. The molecule has 1 saturated carbocycles. The summed E-state index contributed by atoms with van der Waals surface area (Å²) in [6.07, 6.45) is 0.676. The maximum atomic E-state index is 10.8. The van der Waals surface area contributed by atoms with E-state index in [0.29, 0.717) is 22.3 Å². The van der Waals surface area contributed by atoms with E-state index in [1.54, 1.807) is 18.2 Å². The topological polar surface area (TPSA) is 62.1 Å². The van der Waals surface area contributed by atoms with Gasteiger partial charge < -0.3 is 10.1 Å². The number of hydrogen-bond donors (Lipinski definition) is 1. The summed E-state index contributed by atoms with van der Waals surface area (Å²) in [6, 6.07) is 15.8. The fourth-order valence-electron chi connectivity index (χ4n) is 4.67. The summed E-state index contributed by atoms with van der Waals surface area (Å²) in [7, 11) is 0. The minimum Gasteiger partial charge on any atom is -0.489 e. The molecule has 4 nitrogen and oxygen atoms in total. The first-order chi connectivity index (χ1) is 14.4. The summed E-state index contributed by atoms with van der Waals surface area (Å²) in [6.45, 7) is 14.8. The Morgan fingerprint density at radius 2 is 1.68 bits per heavy atom. The number of nitriles is 1. The van der Waals surface area contributed by atoms with E-state index in [-0.39, 0.29) is 23.0 Å². The molecule has 0 aromatic heterocycles. The third kappa shape index (κ3) is 5.40. The third-order valence-corrected chi connectivity index (χ3v) is 6.45. The highest BCUT2D eigenvalue weighted by atomic mass is 35.5. The highest BCUT2D eigenvalue weighted by Crippen LogP contribution is 2.55. The molecule has 0 aliphatic heterocycles. The molecule has 5 heteroatoms. The van der Waals surface area contributed by atoms with Gasteiger partial charge in [0.05, 0.1) is 10.6 Å². The van der Waals surface area contributed by atoms with Gasteiger partial charge in [0.2, 0.25) is 6.41 Å². The number of aryl methyl sites for hydroxylation is 1. The van der Waals surface area contributed by atoms with Crippen LogP contribution in [0.3, 0.4) is 0 Å². The Labute approximate surface area is 191 Å². The molecule has 0 spiro atoms. The number of carbonyl (C=O) groups is 1. The lowest BCUT2D eigenvalue weighted by molar-refractivity contribution is -0.169. The second-order valence-electron chi connectivity index (χ2n) is 9.68. The number of ether oxygens (including phenoxy) is 1.